The van der Waals surface area contributed by atoms with Gasteiger partial charge >= 0.3 is 0 Å². The van der Waals surface area contributed by atoms with Crippen molar-refractivity contribution >= 4 is 23.2 Å². The van der Waals surface area contributed by atoms with Crippen molar-refractivity contribution in [1.29, 1.82) is 0 Å². The van der Waals surface area contributed by atoms with Crippen LogP contribution in [-0.2, 0) is 4.79 Å². The number of hydrogen-bond acceptors (Lipinski definition) is 3. The number of aliphatic hydroxyl groups excluding tert-OH is 1. The van der Waals surface area contributed by atoms with Crippen LogP contribution in [0.3, 0.4) is 0 Å². The van der Waals surface area contributed by atoms with E-state index in [4.69, 9.17) is 21.4 Å². The molecule has 0 radical (unpaired) electrons. The topological polar surface area (TPSA) is 58.6 Å². The fourth-order valence-electron chi connectivity index (χ4n) is 1.39. The summed E-state index contributed by atoms with van der Waals surface area (Å²) >= 11 is 5.89. The zero-order valence-corrected chi connectivity index (χ0v) is 11.2. The van der Waals surface area contributed by atoms with E-state index in [9.17, 15) is 4.79 Å². The van der Waals surface area contributed by atoms with Crippen LogP contribution in [0.15, 0.2) is 18.2 Å². The monoisotopic (exact) mass is 271 g/mol. The van der Waals surface area contributed by atoms with E-state index in [1.54, 1.807) is 18.2 Å². The highest BCUT2D eigenvalue weighted by molar-refractivity contribution is 6.31. The first-order valence-corrected chi connectivity index (χ1v) is 6.38. The largest absolute Gasteiger partial charge is 0.491 e. The molecule has 0 heterocycles. The highest BCUT2D eigenvalue weighted by Crippen LogP contribution is 2.28. The summed E-state index contributed by atoms with van der Waals surface area (Å²) in [5.74, 6) is 0.450. The lowest BCUT2D eigenvalue weighted by molar-refractivity contribution is -0.116. The normalized spacial score (nSPS) is 10.2. The van der Waals surface area contributed by atoms with Gasteiger partial charge in [0.15, 0.2) is 0 Å². The highest BCUT2D eigenvalue weighted by Gasteiger charge is 2.08. The first-order chi connectivity index (χ1) is 8.67. The van der Waals surface area contributed by atoms with Crippen molar-refractivity contribution in [2.45, 2.75) is 26.2 Å². The van der Waals surface area contributed by atoms with Crippen LogP contribution < -0.4 is 10.1 Å². The van der Waals surface area contributed by atoms with Gasteiger partial charge in [-0.15, -0.1) is 0 Å². The van der Waals surface area contributed by atoms with Gasteiger partial charge in [0.1, 0.15) is 5.75 Å². The number of nitrogens with one attached hydrogen (secondary N) is 1. The predicted octanol–water partition coefficient (Wildman–Crippen LogP) is 2.84. The van der Waals surface area contributed by atoms with Gasteiger partial charge in [-0.05, 0) is 31.0 Å². The van der Waals surface area contributed by atoms with Crippen LogP contribution in [0.5, 0.6) is 5.75 Å². The summed E-state index contributed by atoms with van der Waals surface area (Å²) in [6, 6.07) is 5.11. The van der Waals surface area contributed by atoms with E-state index in [0.717, 1.165) is 6.42 Å². The SMILES string of the molecule is CCCOc1ccc(Cl)cc1NC(=O)CCCO. The Labute approximate surface area is 112 Å². The third-order valence-corrected chi connectivity index (χ3v) is 2.47. The number of benzene rings is 1. The average molecular weight is 272 g/mol. The van der Waals surface area contributed by atoms with Crippen molar-refractivity contribution in [2.75, 3.05) is 18.5 Å². The molecule has 0 bridgehead atoms. The number of aliphatic hydroxyl groups is 1. The van der Waals surface area contributed by atoms with Gasteiger partial charge in [-0.2, -0.15) is 0 Å². The van der Waals surface area contributed by atoms with Gasteiger partial charge in [-0.3, -0.25) is 4.79 Å². The third-order valence-electron chi connectivity index (χ3n) is 2.24. The molecule has 0 saturated heterocycles. The fraction of sp³-hybridized carbons (Fsp3) is 0.462. The zero-order valence-electron chi connectivity index (χ0n) is 10.4. The lowest BCUT2D eigenvalue weighted by atomic mass is 10.2. The predicted molar refractivity (Wildman–Crippen MR) is 72.2 cm³/mol. The standard InChI is InChI=1S/C13H18ClNO3/c1-2-8-18-12-6-5-10(14)9-11(12)15-13(17)4-3-7-16/h5-6,9,16H,2-4,7-8H2,1H3,(H,15,17). The molecule has 4 nitrogen and oxygen atoms in total. The second-order valence-electron chi connectivity index (χ2n) is 3.86. The molecule has 100 valence electrons. The van der Waals surface area contributed by atoms with E-state index in [-0.39, 0.29) is 18.9 Å². The molecule has 0 aliphatic rings. The maximum atomic E-state index is 11.6. The smallest absolute Gasteiger partial charge is 0.224 e. The molecule has 0 aromatic heterocycles. The Morgan fingerprint density at radius 1 is 1.50 bits per heavy atom. The summed E-state index contributed by atoms with van der Waals surface area (Å²) in [4.78, 5) is 11.6. The first-order valence-electron chi connectivity index (χ1n) is 6.00. The quantitative estimate of drug-likeness (QED) is 0.802. The van der Waals surface area contributed by atoms with Crippen LogP contribution in [0.1, 0.15) is 26.2 Å². The molecule has 18 heavy (non-hydrogen) atoms. The number of anilines is 1. The van der Waals surface area contributed by atoms with E-state index in [1.807, 2.05) is 6.92 Å². The van der Waals surface area contributed by atoms with Crippen LogP contribution in [0.4, 0.5) is 5.69 Å². The maximum Gasteiger partial charge on any atom is 0.224 e. The molecule has 0 atom stereocenters. The lowest BCUT2D eigenvalue weighted by Crippen LogP contribution is -2.13. The van der Waals surface area contributed by atoms with Crippen molar-refractivity contribution in [3.63, 3.8) is 0 Å². The Kier molecular flexibility index (Phi) is 6.54. The molecular formula is C13H18ClNO3. The minimum Gasteiger partial charge on any atom is -0.491 e. The Bertz CT molecular complexity index is 396. The molecule has 1 aromatic carbocycles. The number of hydrogen-bond donors (Lipinski definition) is 2. The molecule has 0 aliphatic heterocycles. The molecule has 0 spiro atoms. The average Bonchev–Trinajstić information content (AvgIpc) is 2.35. The molecule has 1 aromatic rings. The molecule has 1 rings (SSSR count). The van der Waals surface area contributed by atoms with Gasteiger partial charge in [-0.25, -0.2) is 0 Å². The van der Waals surface area contributed by atoms with E-state index in [1.165, 1.54) is 0 Å². The van der Waals surface area contributed by atoms with Gasteiger partial charge in [0.25, 0.3) is 0 Å². The van der Waals surface area contributed by atoms with Crippen LogP contribution in [0.2, 0.25) is 5.02 Å². The fourth-order valence-corrected chi connectivity index (χ4v) is 1.56. The van der Waals surface area contributed by atoms with Crippen molar-refractivity contribution in [1.82, 2.24) is 0 Å². The number of rotatable bonds is 7. The van der Waals surface area contributed by atoms with Crippen LogP contribution in [0, 0.1) is 0 Å². The molecule has 2 N–H and O–H groups in total. The van der Waals surface area contributed by atoms with E-state index in [0.29, 0.717) is 29.5 Å². The second kappa shape index (κ2) is 7.95. The Morgan fingerprint density at radius 3 is 2.94 bits per heavy atom. The van der Waals surface area contributed by atoms with E-state index < -0.39 is 0 Å². The number of carbonyl (C=O) groups excluding carboxylic acids is 1. The summed E-state index contributed by atoms with van der Waals surface area (Å²) in [5.41, 5.74) is 0.568. The summed E-state index contributed by atoms with van der Waals surface area (Å²) in [6.07, 6.45) is 1.61. The second-order valence-corrected chi connectivity index (χ2v) is 4.30. The Morgan fingerprint density at radius 2 is 2.28 bits per heavy atom. The van der Waals surface area contributed by atoms with Gasteiger partial charge < -0.3 is 15.2 Å². The molecule has 1 amide bonds. The minimum atomic E-state index is -0.160. The lowest BCUT2D eigenvalue weighted by Gasteiger charge is -2.12. The van der Waals surface area contributed by atoms with Crippen LogP contribution >= 0.6 is 11.6 Å². The first kappa shape index (κ1) is 14.8. The highest BCUT2D eigenvalue weighted by atomic mass is 35.5. The zero-order chi connectivity index (χ0) is 13.4. The Balaban J connectivity index is 2.71. The molecule has 0 unspecified atom stereocenters. The number of carbonyl (C=O) groups is 1. The molecular weight excluding hydrogens is 254 g/mol. The van der Waals surface area contributed by atoms with Gasteiger partial charge in [0, 0.05) is 18.1 Å². The minimum absolute atomic E-state index is 0.00214. The number of ether oxygens (including phenoxy) is 1. The molecule has 5 heteroatoms. The van der Waals surface area contributed by atoms with Gasteiger partial charge in [-0.1, -0.05) is 18.5 Å². The maximum absolute atomic E-state index is 11.6. The van der Waals surface area contributed by atoms with Crippen molar-refractivity contribution < 1.29 is 14.6 Å². The molecule has 0 fully saturated rings. The van der Waals surface area contributed by atoms with Crippen molar-refractivity contribution in [2.24, 2.45) is 0 Å². The summed E-state index contributed by atoms with van der Waals surface area (Å²) in [6.45, 7) is 2.60. The van der Waals surface area contributed by atoms with E-state index >= 15 is 0 Å². The summed E-state index contributed by atoms with van der Waals surface area (Å²) in [7, 11) is 0. The van der Waals surface area contributed by atoms with Gasteiger partial charge in [0.2, 0.25) is 5.91 Å². The van der Waals surface area contributed by atoms with E-state index in [2.05, 4.69) is 5.32 Å². The Hall–Kier alpha value is -1.26. The number of amides is 1. The van der Waals surface area contributed by atoms with Crippen LogP contribution in [0.25, 0.3) is 0 Å². The van der Waals surface area contributed by atoms with Crippen molar-refractivity contribution in [3.8, 4) is 5.75 Å². The summed E-state index contributed by atoms with van der Waals surface area (Å²) < 4.78 is 5.52. The number of halogens is 1. The van der Waals surface area contributed by atoms with Gasteiger partial charge in [0.05, 0.1) is 12.3 Å². The van der Waals surface area contributed by atoms with Crippen molar-refractivity contribution in [3.05, 3.63) is 23.2 Å². The summed E-state index contributed by atoms with van der Waals surface area (Å²) in [5, 5.41) is 11.9. The third kappa shape index (κ3) is 4.94. The molecule has 0 saturated carbocycles. The van der Waals surface area contributed by atoms with Crippen LogP contribution in [-0.4, -0.2) is 24.2 Å². The molecule has 0 aliphatic carbocycles.